The first-order valence-electron chi connectivity index (χ1n) is 10.4. The Labute approximate surface area is 188 Å². The number of pyridine rings is 1. The summed E-state index contributed by atoms with van der Waals surface area (Å²) >= 11 is 0. The van der Waals surface area contributed by atoms with Crippen LogP contribution >= 0.6 is 0 Å². The minimum absolute atomic E-state index is 0.115. The van der Waals surface area contributed by atoms with Gasteiger partial charge in [0.05, 0.1) is 18.4 Å². The molecule has 0 radical (unpaired) electrons. The third-order valence-corrected chi connectivity index (χ3v) is 5.12. The second kappa shape index (κ2) is 9.74. The van der Waals surface area contributed by atoms with Crippen LogP contribution in [0.2, 0.25) is 0 Å². The predicted molar refractivity (Wildman–Crippen MR) is 119 cm³/mol. The minimum atomic E-state index is -0.944. The molecule has 4 aromatic rings. The summed E-state index contributed by atoms with van der Waals surface area (Å²) in [6.07, 6.45) is 2.55. The summed E-state index contributed by atoms with van der Waals surface area (Å²) in [5, 5.41) is 0.559. The molecule has 0 saturated carbocycles. The number of hydrogen-bond acceptors (Lipinski definition) is 2. The average molecular weight is 449 g/mol. The van der Waals surface area contributed by atoms with Crippen molar-refractivity contribution in [2.45, 2.75) is 19.8 Å². The number of aryl methyl sites for hydroxylation is 2. The summed E-state index contributed by atoms with van der Waals surface area (Å²) in [7, 11) is 0. The molecule has 2 nitrogen and oxygen atoms in total. The van der Waals surface area contributed by atoms with E-state index in [1.807, 2.05) is 19.1 Å². The standard InChI is InChI=1S/C27H19F4NO/c1-2-33-21-9-8-20(32-16-21)7-3-18-14-25(29)23(26(30)15-18)11-5-17-4-10-22-19(13-17)6-12-24(28)27(22)31/h4,6,8-10,12-16H,2-3,7H2,1H3. The van der Waals surface area contributed by atoms with Crippen LogP contribution in [0.4, 0.5) is 17.6 Å². The second-order valence-corrected chi connectivity index (χ2v) is 7.40. The molecule has 0 N–H and O–H groups in total. The van der Waals surface area contributed by atoms with Gasteiger partial charge >= 0.3 is 0 Å². The van der Waals surface area contributed by atoms with Gasteiger partial charge in [-0.15, -0.1) is 0 Å². The molecule has 0 aliphatic heterocycles. The van der Waals surface area contributed by atoms with Crippen molar-refractivity contribution in [2.75, 3.05) is 6.61 Å². The highest BCUT2D eigenvalue weighted by atomic mass is 19.2. The Balaban J connectivity index is 1.50. The number of halogens is 4. The fourth-order valence-corrected chi connectivity index (χ4v) is 3.45. The van der Waals surface area contributed by atoms with Crippen molar-refractivity contribution in [3.8, 4) is 17.6 Å². The molecule has 3 aromatic carbocycles. The van der Waals surface area contributed by atoms with Gasteiger partial charge in [0.1, 0.15) is 17.4 Å². The van der Waals surface area contributed by atoms with Gasteiger partial charge in [0.2, 0.25) is 0 Å². The van der Waals surface area contributed by atoms with Gasteiger partial charge in [-0.05, 0) is 73.2 Å². The number of hydrogen-bond donors (Lipinski definition) is 0. The Morgan fingerprint density at radius 1 is 0.818 bits per heavy atom. The smallest absolute Gasteiger partial charge is 0.166 e. The van der Waals surface area contributed by atoms with Crippen molar-refractivity contribution in [3.05, 3.63) is 106 Å². The van der Waals surface area contributed by atoms with E-state index in [9.17, 15) is 17.6 Å². The normalized spacial score (nSPS) is 10.7. The average Bonchev–Trinajstić information content (AvgIpc) is 2.81. The van der Waals surface area contributed by atoms with Crippen LogP contribution in [0, 0.1) is 35.1 Å². The second-order valence-electron chi connectivity index (χ2n) is 7.40. The molecule has 1 aromatic heterocycles. The van der Waals surface area contributed by atoms with Gasteiger partial charge in [0, 0.05) is 16.6 Å². The molecular weight excluding hydrogens is 430 g/mol. The third-order valence-electron chi connectivity index (χ3n) is 5.12. The van der Waals surface area contributed by atoms with Gasteiger partial charge in [-0.25, -0.2) is 17.6 Å². The van der Waals surface area contributed by atoms with Crippen molar-refractivity contribution in [1.82, 2.24) is 4.98 Å². The predicted octanol–water partition coefficient (Wildman–Crippen LogP) is 6.37. The van der Waals surface area contributed by atoms with E-state index in [0.29, 0.717) is 41.7 Å². The maximum atomic E-state index is 14.6. The van der Waals surface area contributed by atoms with Crippen molar-refractivity contribution in [2.24, 2.45) is 0 Å². The zero-order valence-corrected chi connectivity index (χ0v) is 17.8. The van der Waals surface area contributed by atoms with Crippen LogP contribution in [-0.4, -0.2) is 11.6 Å². The van der Waals surface area contributed by atoms with Crippen LogP contribution < -0.4 is 4.74 Å². The fraction of sp³-hybridized carbons (Fsp3) is 0.148. The molecule has 6 heteroatoms. The zero-order chi connectivity index (χ0) is 23.4. The van der Waals surface area contributed by atoms with Crippen LogP contribution in [0.25, 0.3) is 10.8 Å². The quantitative estimate of drug-likeness (QED) is 0.261. The van der Waals surface area contributed by atoms with Gasteiger partial charge < -0.3 is 4.74 Å². The fourth-order valence-electron chi connectivity index (χ4n) is 3.45. The number of rotatable bonds is 5. The molecular formula is C27H19F4NO. The van der Waals surface area contributed by atoms with E-state index in [4.69, 9.17) is 4.74 Å². The zero-order valence-electron chi connectivity index (χ0n) is 17.8. The van der Waals surface area contributed by atoms with E-state index in [1.54, 1.807) is 12.3 Å². The largest absolute Gasteiger partial charge is 0.492 e. The van der Waals surface area contributed by atoms with Crippen LogP contribution in [0.15, 0.2) is 60.8 Å². The summed E-state index contributed by atoms with van der Waals surface area (Å²) < 4.78 is 61.6. The molecule has 0 amide bonds. The first kappa shape index (κ1) is 22.3. The van der Waals surface area contributed by atoms with Gasteiger partial charge in [0.25, 0.3) is 0 Å². The molecule has 0 aliphatic rings. The molecule has 0 bridgehead atoms. The number of nitrogens with zero attached hydrogens (tertiary/aromatic N) is 1. The Hall–Kier alpha value is -3.85. The van der Waals surface area contributed by atoms with Crippen LogP contribution in [-0.2, 0) is 12.8 Å². The minimum Gasteiger partial charge on any atom is -0.492 e. The van der Waals surface area contributed by atoms with Crippen molar-refractivity contribution >= 4 is 10.8 Å². The lowest BCUT2D eigenvalue weighted by molar-refractivity contribution is 0.338. The molecule has 0 atom stereocenters. The Morgan fingerprint density at radius 2 is 1.61 bits per heavy atom. The first-order valence-corrected chi connectivity index (χ1v) is 10.4. The van der Waals surface area contributed by atoms with Crippen LogP contribution in [0.3, 0.4) is 0 Å². The highest BCUT2D eigenvalue weighted by Crippen LogP contribution is 2.22. The molecule has 0 unspecified atom stereocenters. The van der Waals surface area contributed by atoms with Gasteiger partial charge in [-0.1, -0.05) is 24.0 Å². The number of fused-ring (bicyclic) bond motifs is 1. The lowest BCUT2D eigenvalue weighted by Crippen LogP contribution is -1.99. The number of aromatic nitrogens is 1. The van der Waals surface area contributed by atoms with Crippen molar-refractivity contribution < 1.29 is 22.3 Å². The summed E-state index contributed by atoms with van der Waals surface area (Å²) in [6, 6.07) is 13.0. The van der Waals surface area contributed by atoms with Crippen molar-refractivity contribution in [1.29, 1.82) is 0 Å². The third kappa shape index (κ3) is 5.15. The molecule has 166 valence electrons. The molecule has 1 heterocycles. The summed E-state index contributed by atoms with van der Waals surface area (Å²) in [4.78, 5) is 4.29. The van der Waals surface area contributed by atoms with Gasteiger partial charge in [-0.2, -0.15) is 0 Å². The number of benzene rings is 3. The molecule has 0 aliphatic carbocycles. The first-order chi connectivity index (χ1) is 15.9. The Kier molecular flexibility index (Phi) is 6.60. The van der Waals surface area contributed by atoms with E-state index in [-0.39, 0.29) is 10.9 Å². The summed E-state index contributed by atoms with van der Waals surface area (Å²) in [5.41, 5.74) is 1.37. The topological polar surface area (TPSA) is 22.1 Å². The molecule has 0 saturated heterocycles. The highest BCUT2D eigenvalue weighted by Gasteiger charge is 2.11. The summed E-state index contributed by atoms with van der Waals surface area (Å²) in [6.45, 7) is 2.43. The molecule has 0 spiro atoms. The van der Waals surface area contributed by atoms with Crippen LogP contribution in [0.1, 0.15) is 29.3 Å². The Bertz CT molecular complexity index is 1350. The Morgan fingerprint density at radius 3 is 2.30 bits per heavy atom. The lowest BCUT2D eigenvalue weighted by Gasteiger charge is -2.06. The van der Waals surface area contributed by atoms with Crippen molar-refractivity contribution in [3.63, 3.8) is 0 Å². The van der Waals surface area contributed by atoms with Crippen LogP contribution in [0.5, 0.6) is 5.75 Å². The highest BCUT2D eigenvalue weighted by molar-refractivity contribution is 5.84. The molecule has 33 heavy (non-hydrogen) atoms. The summed E-state index contributed by atoms with van der Waals surface area (Å²) in [5.74, 6) is 2.48. The number of ether oxygens (including phenoxy) is 1. The SMILES string of the molecule is CCOc1ccc(CCc2cc(F)c(C#Cc3ccc4c(F)c(F)ccc4c3)c(F)c2)nc1. The van der Waals surface area contributed by atoms with Gasteiger partial charge in [0.15, 0.2) is 11.6 Å². The van der Waals surface area contributed by atoms with E-state index < -0.39 is 23.3 Å². The lowest BCUT2D eigenvalue weighted by atomic mass is 10.0. The molecule has 4 rings (SSSR count). The maximum absolute atomic E-state index is 14.6. The van der Waals surface area contributed by atoms with E-state index in [0.717, 1.165) is 11.8 Å². The van der Waals surface area contributed by atoms with E-state index in [2.05, 4.69) is 16.8 Å². The molecule has 0 fully saturated rings. The monoisotopic (exact) mass is 449 g/mol. The van der Waals surface area contributed by atoms with E-state index >= 15 is 0 Å². The maximum Gasteiger partial charge on any atom is 0.166 e. The van der Waals surface area contributed by atoms with E-state index in [1.165, 1.54) is 30.3 Å². The van der Waals surface area contributed by atoms with Gasteiger partial charge in [-0.3, -0.25) is 4.98 Å².